The quantitative estimate of drug-likeness (QED) is 0.166. The van der Waals surface area contributed by atoms with Crippen molar-refractivity contribution in [3.63, 3.8) is 0 Å². The van der Waals surface area contributed by atoms with Crippen molar-refractivity contribution in [2.24, 2.45) is 5.73 Å². The van der Waals surface area contributed by atoms with Gasteiger partial charge >= 0.3 is 6.18 Å². The molecule has 3 aliphatic rings. The molecule has 15 heteroatoms. The summed E-state index contributed by atoms with van der Waals surface area (Å²) >= 11 is 0. The number of carbonyl (C=O) groups excluding carboxylic acids is 1. The zero-order chi connectivity index (χ0) is 41.0. The van der Waals surface area contributed by atoms with E-state index >= 15 is 0 Å². The minimum Gasteiger partial charge on any atom is -0.494 e. The monoisotopic (exact) mass is 800 g/mol. The van der Waals surface area contributed by atoms with Gasteiger partial charge in [0.25, 0.3) is 0 Å². The molecule has 0 aliphatic carbocycles. The minimum absolute atomic E-state index is 0.00142. The van der Waals surface area contributed by atoms with Gasteiger partial charge in [-0.15, -0.1) is 0 Å². The molecule has 3 aliphatic heterocycles. The first kappa shape index (κ1) is 45.7. The number of aryl methyl sites for hydroxylation is 1. The summed E-state index contributed by atoms with van der Waals surface area (Å²) in [6.07, 6.45) is 3.24. The van der Waals surface area contributed by atoms with Gasteiger partial charge in [0.05, 0.1) is 38.2 Å². The van der Waals surface area contributed by atoms with Gasteiger partial charge in [0.1, 0.15) is 23.1 Å². The maximum absolute atomic E-state index is 12.4. The smallest absolute Gasteiger partial charge is 0.434 e. The summed E-state index contributed by atoms with van der Waals surface area (Å²) in [4.78, 5) is 26.7. The van der Waals surface area contributed by atoms with Crippen molar-refractivity contribution in [3.05, 3.63) is 71.7 Å². The largest absolute Gasteiger partial charge is 0.494 e. The number of nitrogens with zero attached hydrogens (tertiary/aromatic N) is 5. The molecule has 2 aromatic carbocycles. The number of nitrogens with one attached hydrogen (secondary N) is 2. The number of nitrogens with two attached hydrogens (primary N) is 1. The van der Waals surface area contributed by atoms with Crippen LogP contribution in [0.1, 0.15) is 62.8 Å². The molecule has 0 spiro atoms. The second-order valence-corrected chi connectivity index (χ2v) is 14.5. The molecule has 4 N–H and O–H groups in total. The Bertz CT molecular complexity index is 1590. The molecular formula is C42H63F3N8O4. The van der Waals surface area contributed by atoms with Crippen LogP contribution in [-0.4, -0.2) is 128 Å². The fourth-order valence-corrected chi connectivity index (χ4v) is 6.89. The van der Waals surface area contributed by atoms with Gasteiger partial charge in [-0.2, -0.15) is 13.2 Å². The number of halogens is 3. The van der Waals surface area contributed by atoms with Crippen molar-refractivity contribution in [3.8, 4) is 17.2 Å². The standard InChI is InChI=1S/C30H45N5O3.C10H12F3N3O.C2H6/c1-24-22-25(10-13-31)4-9-29(24)38-28-7-5-27(6-8-28)37-21-3-14-32-30(36)23-34-15-11-26(12-16-34)35-19-17-33(2)18-20-35;11-10(12,13)8-4-14-5-9(16-8)15-7-2-1-3-17-6-7;1-2/h4-9,22,26H,3,10-21,23,31H2,1-2H3,(H,32,36);4-5,7H,1-3,6H2,(H,15,16);1-2H3. The lowest BCUT2D eigenvalue weighted by molar-refractivity contribution is -0.141. The number of likely N-dealkylation sites (tertiary alicyclic amines) is 1. The molecule has 3 aromatic rings. The van der Waals surface area contributed by atoms with Crippen molar-refractivity contribution in [2.45, 2.75) is 77.6 Å². The van der Waals surface area contributed by atoms with E-state index in [9.17, 15) is 18.0 Å². The van der Waals surface area contributed by atoms with Crippen LogP contribution in [0.4, 0.5) is 19.0 Å². The second-order valence-electron chi connectivity index (χ2n) is 14.5. The third-order valence-electron chi connectivity index (χ3n) is 10.1. The van der Waals surface area contributed by atoms with Gasteiger partial charge in [0.15, 0.2) is 5.69 Å². The molecule has 0 radical (unpaired) electrons. The third-order valence-corrected chi connectivity index (χ3v) is 10.1. The normalized spacial score (nSPS) is 18.4. The lowest BCUT2D eigenvalue weighted by Gasteiger charge is -2.41. The Labute approximate surface area is 336 Å². The first-order chi connectivity index (χ1) is 27.6. The number of piperazine rings is 1. The molecule has 57 heavy (non-hydrogen) atoms. The highest BCUT2D eigenvalue weighted by atomic mass is 19.4. The van der Waals surface area contributed by atoms with Crippen LogP contribution in [0, 0.1) is 6.92 Å². The van der Waals surface area contributed by atoms with Crippen LogP contribution >= 0.6 is 0 Å². The number of anilines is 1. The van der Waals surface area contributed by atoms with Crippen LogP contribution in [0.15, 0.2) is 54.9 Å². The SMILES string of the molecule is CC.Cc1cc(CCN)ccc1Oc1ccc(OCCCNC(=O)CN2CCC(N3CCN(C)CC3)CC2)cc1.FC(F)(F)c1cncc(NC2CCCOC2)n1. The van der Waals surface area contributed by atoms with E-state index in [1.54, 1.807) is 0 Å². The number of alkyl halides is 3. The first-order valence-electron chi connectivity index (χ1n) is 20.4. The molecule has 0 saturated carbocycles. The zero-order valence-corrected chi connectivity index (χ0v) is 34.2. The molecule has 6 rings (SSSR count). The Balaban J connectivity index is 0.000000315. The number of amides is 1. The number of piperidine rings is 1. The molecule has 4 heterocycles. The predicted octanol–water partition coefficient (Wildman–Crippen LogP) is 6.00. The summed E-state index contributed by atoms with van der Waals surface area (Å²) in [5, 5.41) is 5.94. The van der Waals surface area contributed by atoms with Crippen LogP contribution in [0.2, 0.25) is 0 Å². The number of hydrogen-bond donors (Lipinski definition) is 3. The van der Waals surface area contributed by atoms with Gasteiger partial charge in [-0.1, -0.05) is 26.0 Å². The van der Waals surface area contributed by atoms with Gasteiger partial charge in [0.2, 0.25) is 5.91 Å². The van der Waals surface area contributed by atoms with E-state index in [0.717, 1.165) is 87.5 Å². The van der Waals surface area contributed by atoms with E-state index in [2.05, 4.69) is 54.5 Å². The summed E-state index contributed by atoms with van der Waals surface area (Å²) in [6, 6.07) is 14.5. The summed E-state index contributed by atoms with van der Waals surface area (Å²) < 4.78 is 54.3. The molecule has 1 atom stereocenters. The molecule has 0 bridgehead atoms. The predicted molar refractivity (Wildman–Crippen MR) is 218 cm³/mol. The number of carbonyl (C=O) groups is 1. The molecule has 3 saturated heterocycles. The van der Waals surface area contributed by atoms with Crippen molar-refractivity contribution >= 4 is 11.7 Å². The van der Waals surface area contributed by atoms with Gasteiger partial charge in [-0.3, -0.25) is 19.6 Å². The lowest BCUT2D eigenvalue weighted by Crippen LogP contribution is -2.53. The van der Waals surface area contributed by atoms with Gasteiger partial charge in [-0.25, -0.2) is 4.98 Å². The molecular weight excluding hydrogens is 738 g/mol. The molecule has 3 fully saturated rings. The average Bonchev–Trinajstić information content (AvgIpc) is 3.21. The Morgan fingerprint density at radius 2 is 1.70 bits per heavy atom. The van der Waals surface area contributed by atoms with E-state index in [0.29, 0.717) is 51.7 Å². The van der Waals surface area contributed by atoms with Crippen molar-refractivity contribution < 1.29 is 32.2 Å². The maximum atomic E-state index is 12.4. The lowest BCUT2D eigenvalue weighted by atomic mass is 10.0. The summed E-state index contributed by atoms with van der Waals surface area (Å²) in [7, 11) is 2.20. The van der Waals surface area contributed by atoms with Crippen molar-refractivity contribution in [1.29, 1.82) is 0 Å². The molecule has 12 nitrogen and oxygen atoms in total. The summed E-state index contributed by atoms with van der Waals surface area (Å²) in [6.45, 7) is 16.2. The number of rotatable bonds is 14. The maximum Gasteiger partial charge on any atom is 0.434 e. The highest BCUT2D eigenvalue weighted by Crippen LogP contribution is 2.29. The fourth-order valence-electron chi connectivity index (χ4n) is 6.89. The summed E-state index contributed by atoms with van der Waals surface area (Å²) in [5.41, 5.74) is 6.97. The zero-order valence-electron chi connectivity index (χ0n) is 34.2. The number of aromatic nitrogens is 2. The molecule has 316 valence electrons. The highest BCUT2D eigenvalue weighted by molar-refractivity contribution is 5.78. The number of benzene rings is 2. The Morgan fingerprint density at radius 3 is 2.35 bits per heavy atom. The Hall–Kier alpha value is -4.02. The van der Waals surface area contributed by atoms with Crippen molar-refractivity contribution in [2.75, 3.05) is 91.1 Å². The Morgan fingerprint density at radius 1 is 0.982 bits per heavy atom. The highest BCUT2D eigenvalue weighted by Gasteiger charge is 2.33. The Kier molecular flexibility index (Phi) is 19.3. The van der Waals surface area contributed by atoms with E-state index in [1.807, 2.05) is 51.1 Å². The number of hydrogen-bond acceptors (Lipinski definition) is 11. The minimum atomic E-state index is -4.46. The van der Waals surface area contributed by atoms with E-state index in [-0.39, 0.29) is 17.8 Å². The van der Waals surface area contributed by atoms with E-state index in [1.165, 1.54) is 24.8 Å². The van der Waals surface area contributed by atoms with Gasteiger partial charge in [0, 0.05) is 58.5 Å². The average molecular weight is 801 g/mol. The number of ether oxygens (including phenoxy) is 3. The van der Waals surface area contributed by atoms with Gasteiger partial charge in [-0.05, 0) is 100 Å². The molecule has 1 aromatic heterocycles. The van der Waals surface area contributed by atoms with Crippen LogP contribution in [0.25, 0.3) is 0 Å². The van der Waals surface area contributed by atoms with Crippen LogP contribution in [-0.2, 0) is 22.1 Å². The second kappa shape index (κ2) is 24.0. The topological polar surface area (TPSA) is 130 Å². The van der Waals surface area contributed by atoms with E-state index < -0.39 is 11.9 Å². The van der Waals surface area contributed by atoms with E-state index in [4.69, 9.17) is 19.9 Å². The molecule has 1 amide bonds. The van der Waals surface area contributed by atoms with Crippen LogP contribution < -0.4 is 25.8 Å². The van der Waals surface area contributed by atoms with Gasteiger partial charge < -0.3 is 35.5 Å². The van der Waals surface area contributed by atoms with Crippen LogP contribution in [0.5, 0.6) is 17.2 Å². The first-order valence-corrected chi connectivity index (χ1v) is 20.4. The number of likely N-dealkylation sites (N-methyl/N-ethyl adjacent to an activating group) is 1. The molecule has 1 unspecified atom stereocenters. The van der Waals surface area contributed by atoms with Crippen LogP contribution in [0.3, 0.4) is 0 Å². The third kappa shape index (κ3) is 16.0. The fraction of sp³-hybridized carbons (Fsp3) is 0.595. The van der Waals surface area contributed by atoms with Crippen molar-refractivity contribution in [1.82, 2.24) is 30.0 Å². The summed E-state index contributed by atoms with van der Waals surface area (Å²) in [5.74, 6) is 2.65.